The Bertz CT molecular complexity index is 1520. The number of ether oxygens (including phenoxy) is 5. The Labute approximate surface area is 278 Å². The van der Waals surface area contributed by atoms with E-state index in [1.807, 2.05) is 36.4 Å². The lowest BCUT2D eigenvalue weighted by atomic mass is 9.73. The minimum atomic E-state index is -1.08. The summed E-state index contributed by atoms with van der Waals surface area (Å²) in [5.74, 6) is -1.73. The van der Waals surface area contributed by atoms with Gasteiger partial charge in [0.15, 0.2) is 11.6 Å². The molecule has 4 aromatic rings. The Hall–Kier alpha value is -4.36. The summed E-state index contributed by atoms with van der Waals surface area (Å²) in [5, 5.41) is 0. The zero-order valence-electron chi connectivity index (χ0n) is 27.5. The van der Waals surface area contributed by atoms with Crippen molar-refractivity contribution in [1.82, 2.24) is 0 Å². The summed E-state index contributed by atoms with van der Waals surface area (Å²) in [4.78, 5) is 0. The second kappa shape index (κ2) is 13.8. The van der Waals surface area contributed by atoms with Crippen LogP contribution in [0.1, 0.15) is 35.1 Å². The minimum Gasteiger partial charge on any atom is -0.349 e. The molecule has 2 aliphatic rings. The predicted octanol–water partition coefficient (Wildman–Crippen LogP) is 8.64. The van der Waals surface area contributed by atoms with Crippen molar-refractivity contribution in [1.29, 1.82) is 0 Å². The maximum atomic E-state index is 8.12. The smallest absolute Gasteiger partial charge is 0.190 e. The van der Waals surface area contributed by atoms with Gasteiger partial charge in [0.05, 0.1) is 0 Å². The highest BCUT2D eigenvalue weighted by molar-refractivity contribution is 5.56. The molecule has 240 valence electrons. The topological polar surface area (TPSA) is 46.2 Å². The van der Waals surface area contributed by atoms with Crippen LogP contribution in [0.3, 0.4) is 0 Å². The fourth-order valence-corrected chi connectivity index (χ4v) is 6.78. The highest BCUT2D eigenvalue weighted by atomic mass is 16.7. The molecule has 0 spiro atoms. The molecule has 5 nitrogen and oxygen atoms in total. The highest BCUT2D eigenvalue weighted by Gasteiger charge is 2.51. The molecule has 0 aromatic heterocycles. The summed E-state index contributed by atoms with van der Waals surface area (Å²) in [7, 11) is 6.68. The Morgan fingerprint density at radius 1 is 0.426 bits per heavy atom. The van der Waals surface area contributed by atoms with Gasteiger partial charge < -0.3 is 23.7 Å². The summed E-state index contributed by atoms with van der Waals surface area (Å²) in [5.41, 5.74) is 3.74. The van der Waals surface area contributed by atoms with Gasteiger partial charge in [0.2, 0.25) is 0 Å². The summed E-state index contributed by atoms with van der Waals surface area (Å²) in [6.07, 6.45) is 13.5. The van der Waals surface area contributed by atoms with E-state index in [9.17, 15) is 0 Å². The largest absolute Gasteiger partial charge is 0.349 e. The van der Waals surface area contributed by atoms with Gasteiger partial charge in [-0.15, -0.1) is 0 Å². The summed E-state index contributed by atoms with van der Waals surface area (Å²) in [6, 6.07) is 41.8. The molecular weight excluding hydrogens is 584 g/mol. The maximum absolute atomic E-state index is 8.12. The molecule has 0 unspecified atom stereocenters. The van der Waals surface area contributed by atoms with Crippen molar-refractivity contribution >= 4 is 0 Å². The first kappa shape index (κ1) is 32.6. The van der Waals surface area contributed by atoms with Gasteiger partial charge in [-0.25, -0.2) is 0 Å². The standard InChI is InChI=1S/C42H42O5/c1-43-39(44-2)29-25-37(26-30-39)41(33-17-9-5-10-18-33,34-19-11-6-12-20-34)47-42(35-21-13-7-14-22-35,36-23-15-8-16-24-36)38-27-31-40(45-3,46-4)32-28-38/h5-29,31H,30,32H2,1-4H3. The third-order valence-electron chi connectivity index (χ3n) is 9.47. The predicted molar refractivity (Wildman–Crippen MR) is 186 cm³/mol. The van der Waals surface area contributed by atoms with Crippen LogP contribution in [0.5, 0.6) is 0 Å². The number of hydrogen-bond acceptors (Lipinski definition) is 5. The van der Waals surface area contributed by atoms with Crippen LogP contribution in [0, 0.1) is 0 Å². The summed E-state index contributed by atoms with van der Waals surface area (Å²) >= 11 is 0. The van der Waals surface area contributed by atoms with Crippen molar-refractivity contribution in [3.05, 3.63) is 191 Å². The van der Waals surface area contributed by atoms with E-state index in [4.69, 9.17) is 23.7 Å². The van der Waals surface area contributed by atoms with Gasteiger partial charge in [0.25, 0.3) is 0 Å². The van der Waals surface area contributed by atoms with Gasteiger partial charge in [-0.3, -0.25) is 0 Å². The third-order valence-corrected chi connectivity index (χ3v) is 9.47. The normalized spacial score (nSPS) is 17.2. The molecule has 0 saturated carbocycles. The molecule has 0 bridgehead atoms. The molecular formula is C42H42O5. The number of rotatable bonds is 12. The lowest BCUT2D eigenvalue weighted by Crippen LogP contribution is -2.46. The van der Waals surface area contributed by atoms with E-state index in [-0.39, 0.29) is 0 Å². The average molecular weight is 627 g/mol. The van der Waals surface area contributed by atoms with Crippen LogP contribution in [0.4, 0.5) is 0 Å². The summed E-state index contributed by atoms with van der Waals surface area (Å²) in [6.45, 7) is 0. The van der Waals surface area contributed by atoms with Crippen molar-refractivity contribution in [2.45, 2.75) is 35.6 Å². The van der Waals surface area contributed by atoms with Crippen molar-refractivity contribution in [2.75, 3.05) is 28.4 Å². The van der Waals surface area contributed by atoms with Gasteiger partial charge in [0, 0.05) is 41.3 Å². The molecule has 0 saturated heterocycles. The Morgan fingerprint density at radius 2 is 0.702 bits per heavy atom. The number of methoxy groups -OCH3 is 4. The second-order valence-electron chi connectivity index (χ2n) is 11.8. The minimum absolute atomic E-state index is 0.507. The summed E-state index contributed by atoms with van der Waals surface area (Å²) < 4.78 is 31.5. The van der Waals surface area contributed by atoms with E-state index in [1.54, 1.807) is 28.4 Å². The first-order chi connectivity index (χ1) is 23.0. The number of benzene rings is 4. The van der Waals surface area contributed by atoms with Crippen molar-refractivity contribution in [3.8, 4) is 0 Å². The molecule has 4 aromatic carbocycles. The van der Waals surface area contributed by atoms with Crippen LogP contribution in [0.2, 0.25) is 0 Å². The lowest BCUT2D eigenvalue weighted by molar-refractivity contribution is -0.169. The van der Waals surface area contributed by atoms with Gasteiger partial charge in [0.1, 0.15) is 11.2 Å². The van der Waals surface area contributed by atoms with Crippen molar-refractivity contribution in [2.24, 2.45) is 0 Å². The van der Waals surface area contributed by atoms with E-state index >= 15 is 0 Å². The van der Waals surface area contributed by atoms with E-state index in [0.717, 1.165) is 33.4 Å². The fourth-order valence-electron chi connectivity index (χ4n) is 6.78. The zero-order valence-corrected chi connectivity index (χ0v) is 27.5. The Morgan fingerprint density at radius 3 is 0.915 bits per heavy atom. The van der Waals surface area contributed by atoms with Crippen LogP contribution >= 0.6 is 0 Å². The molecule has 0 aliphatic heterocycles. The molecule has 0 radical (unpaired) electrons. The third kappa shape index (κ3) is 5.86. The Balaban J connectivity index is 1.69. The van der Waals surface area contributed by atoms with Crippen LogP contribution in [-0.2, 0) is 34.9 Å². The van der Waals surface area contributed by atoms with E-state index in [1.165, 1.54) is 0 Å². The molecule has 0 fully saturated rings. The Kier molecular flexibility index (Phi) is 9.55. The molecule has 2 aliphatic carbocycles. The van der Waals surface area contributed by atoms with Crippen LogP contribution in [-0.4, -0.2) is 40.0 Å². The fraction of sp³-hybridized carbons (Fsp3) is 0.238. The van der Waals surface area contributed by atoms with Crippen LogP contribution in [0.15, 0.2) is 169 Å². The highest BCUT2D eigenvalue weighted by Crippen LogP contribution is 2.53. The SMILES string of the molecule is COC1(OC)C=CC(C(OC(C2=CCC(OC)(OC)C=C2)(c2ccccc2)c2ccccc2)(c2ccccc2)c2ccccc2)=CC1. The van der Waals surface area contributed by atoms with Gasteiger partial charge in [-0.1, -0.05) is 146 Å². The molecule has 47 heavy (non-hydrogen) atoms. The van der Waals surface area contributed by atoms with Crippen LogP contribution < -0.4 is 0 Å². The van der Waals surface area contributed by atoms with Gasteiger partial charge >= 0.3 is 0 Å². The lowest BCUT2D eigenvalue weighted by Gasteiger charge is -2.48. The first-order valence-electron chi connectivity index (χ1n) is 15.9. The molecule has 0 atom stereocenters. The molecule has 6 rings (SSSR count). The van der Waals surface area contributed by atoms with Gasteiger partial charge in [-0.05, 0) is 45.6 Å². The van der Waals surface area contributed by atoms with E-state index < -0.39 is 22.8 Å². The quantitative estimate of drug-likeness (QED) is 0.147. The second-order valence-corrected chi connectivity index (χ2v) is 11.8. The molecule has 0 N–H and O–H groups in total. The zero-order chi connectivity index (χ0) is 32.8. The molecule has 0 heterocycles. The number of hydrogen-bond donors (Lipinski definition) is 0. The van der Waals surface area contributed by atoms with Crippen molar-refractivity contribution < 1.29 is 23.7 Å². The van der Waals surface area contributed by atoms with E-state index in [0.29, 0.717) is 12.8 Å². The molecule has 0 amide bonds. The molecule has 5 heteroatoms. The average Bonchev–Trinajstić information content (AvgIpc) is 3.17. The monoisotopic (exact) mass is 626 g/mol. The van der Waals surface area contributed by atoms with E-state index in [2.05, 4.69) is 121 Å². The van der Waals surface area contributed by atoms with Crippen LogP contribution in [0.25, 0.3) is 0 Å². The maximum Gasteiger partial charge on any atom is 0.190 e. The van der Waals surface area contributed by atoms with Gasteiger partial charge in [-0.2, -0.15) is 0 Å². The first-order valence-corrected chi connectivity index (χ1v) is 15.9. The van der Waals surface area contributed by atoms with Crippen molar-refractivity contribution in [3.63, 3.8) is 0 Å².